The van der Waals surface area contributed by atoms with Gasteiger partial charge in [-0.25, -0.2) is 0 Å². The van der Waals surface area contributed by atoms with Crippen LogP contribution in [0, 0.1) is 17.3 Å². The smallest absolute Gasteiger partial charge is 0.419 e. The van der Waals surface area contributed by atoms with Crippen LogP contribution in [0.15, 0.2) is 54.6 Å². The van der Waals surface area contributed by atoms with Crippen LogP contribution in [-0.2, 0) is 87.7 Å². The van der Waals surface area contributed by atoms with Gasteiger partial charge in [-0.2, -0.15) is 13.2 Å². The number of amides is 12. The van der Waals surface area contributed by atoms with E-state index >= 15 is 43.2 Å². The number of halogens is 3. The number of carbonyl (C=O) groups is 12. The van der Waals surface area contributed by atoms with E-state index < -0.39 is 185 Å². The molecule has 26 nitrogen and oxygen atoms in total. The number of aryl methyl sites for hydroxylation is 2. The van der Waals surface area contributed by atoms with Crippen molar-refractivity contribution in [3.8, 4) is 5.75 Å². The second kappa shape index (κ2) is 36.5. The zero-order valence-corrected chi connectivity index (χ0v) is 65.7. The number of fused-ring (bicyclic) bond motifs is 22. The van der Waals surface area contributed by atoms with E-state index in [9.17, 15) is 27.6 Å². The molecule has 0 radical (unpaired) electrons. The third kappa shape index (κ3) is 19.9. The fraction of sp³-hybridized carbons (Fsp3) is 0.675. The monoisotopic (exact) mass is 1520 g/mol. The minimum Gasteiger partial charge on any atom is -0.496 e. The van der Waals surface area contributed by atoms with Gasteiger partial charge < -0.3 is 69.5 Å². The number of benzene rings is 2. The number of hydrogen-bond acceptors (Lipinski definition) is 14. The lowest BCUT2D eigenvalue weighted by molar-refractivity contribution is -0.161. The van der Waals surface area contributed by atoms with Gasteiger partial charge in [-0.1, -0.05) is 102 Å². The maximum atomic E-state index is 15.9. The van der Waals surface area contributed by atoms with Gasteiger partial charge in [-0.3, -0.25) is 57.5 Å². The van der Waals surface area contributed by atoms with Crippen LogP contribution in [0.25, 0.3) is 0 Å². The zero-order chi connectivity index (χ0) is 79.6. The van der Waals surface area contributed by atoms with Gasteiger partial charge >= 0.3 is 6.18 Å². The summed E-state index contributed by atoms with van der Waals surface area (Å²) in [5.74, 6) is -9.43. The van der Waals surface area contributed by atoms with Crippen molar-refractivity contribution < 1.29 is 80.2 Å². The Morgan fingerprint density at radius 3 is 1.94 bits per heavy atom. The molecule has 109 heavy (non-hydrogen) atoms. The van der Waals surface area contributed by atoms with Gasteiger partial charge in [-0.15, -0.1) is 0 Å². The average Bonchev–Trinajstić information content (AvgIpc) is 1.32. The number of nitrogens with zero attached hydrogens (tertiary/aromatic N) is 9. The molecule has 7 aliphatic heterocycles. The van der Waals surface area contributed by atoms with E-state index in [1.165, 1.54) is 88.7 Å². The van der Waals surface area contributed by atoms with Crippen molar-refractivity contribution in [1.82, 2.24) is 60.0 Å². The molecular formula is C80H115F3N12O14. The van der Waals surface area contributed by atoms with Crippen molar-refractivity contribution in [3.63, 3.8) is 0 Å². The standard InChI is InChI=1S/C80H115F3N12O14/c1-13-50(3)67-75(105)88(7)47-66(98)90(9)59-29-19-16-22-40-94(74(59)104)62-41-52-32-30-51(31-33-52)25-17-15-18-28-58(69(99)85-67)89(8)65(97)44-61(73(103)93-38-23-24-39-93)91(10)76(106)68(54-26-20-21-27-54)92(11)77(107)79(48-78(4,5)49-79)86-70(100)60-43-55(109-14-2)45-95(60)71(101)57(84-64(96)46-87(6)72(62)102)37-35-53-34-36-56(80(81,82)83)63(42-53)108-12/h16,19,30-34,36,42,50,54-55,57-62,67-68H,13-15,17-18,20-29,35,37-41,43-49H2,1-12H3,(H,84,96)(H,85,99)(H,86,100)/b19-16-/t50-,55+,57-,58-,59-,60-,61-,62-,67-,68-/m0/s1. The first kappa shape index (κ1) is 84.4. The quantitative estimate of drug-likeness (QED) is 0.190. The number of hydrogen-bond donors (Lipinski definition) is 3. The highest BCUT2D eigenvalue weighted by Gasteiger charge is 2.59. The normalized spacial score (nSPS) is 27.8. The van der Waals surface area contributed by atoms with Gasteiger partial charge in [0.2, 0.25) is 70.9 Å². The van der Waals surface area contributed by atoms with Gasteiger partial charge in [0.25, 0.3) is 0 Å². The Morgan fingerprint density at radius 2 is 1.29 bits per heavy atom. The Balaban J connectivity index is 1.17. The van der Waals surface area contributed by atoms with Crippen molar-refractivity contribution >= 4 is 70.9 Å². The van der Waals surface area contributed by atoms with Crippen LogP contribution >= 0.6 is 0 Å². The van der Waals surface area contributed by atoms with Gasteiger partial charge in [0.05, 0.1) is 38.3 Å². The average molecular weight is 1530 g/mol. The molecule has 2 aromatic rings. The number of alkyl halides is 3. The van der Waals surface area contributed by atoms with E-state index in [0.29, 0.717) is 88.4 Å². The lowest BCUT2D eigenvalue weighted by Crippen LogP contribution is -2.71. The van der Waals surface area contributed by atoms with Crippen LogP contribution in [-0.4, -0.2) is 270 Å². The number of methoxy groups -OCH3 is 1. The van der Waals surface area contributed by atoms with Crippen LogP contribution in [0.1, 0.15) is 172 Å². The summed E-state index contributed by atoms with van der Waals surface area (Å²) in [5, 5.41) is 8.89. The lowest BCUT2D eigenvalue weighted by Gasteiger charge is -2.54. The summed E-state index contributed by atoms with van der Waals surface area (Å²) in [6.07, 6.45) is 4.04. The van der Waals surface area contributed by atoms with E-state index in [0.717, 1.165) is 36.5 Å². The molecule has 600 valence electrons. The molecule has 12 amide bonds. The van der Waals surface area contributed by atoms with Crippen molar-refractivity contribution in [1.29, 1.82) is 0 Å². The van der Waals surface area contributed by atoms with Crippen molar-refractivity contribution in [3.05, 3.63) is 76.9 Å². The van der Waals surface area contributed by atoms with E-state index in [1.54, 1.807) is 24.8 Å². The van der Waals surface area contributed by atoms with Crippen LogP contribution in [0.4, 0.5) is 13.2 Å². The number of likely N-dealkylation sites (N-methyl/N-ethyl adjacent to an activating group) is 6. The van der Waals surface area contributed by atoms with Crippen LogP contribution in [0.3, 0.4) is 0 Å². The third-order valence-corrected chi connectivity index (χ3v) is 23.7. The molecule has 0 aromatic heterocycles. The highest BCUT2D eigenvalue weighted by Crippen LogP contribution is 2.50. The first-order valence-electron chi connectivity index (χ1n) is 39.1. The highest BCUT2D eigenvalue weighted by atomic mass is 19.4. The molecule has 7 heterocycles. The molecule has 9 aliphatic rings. The molecule has 1 spiro atoms. The number of nitrogens with one attached hydrogen (secondary N) is 3. The van der Waals surface area contributed by atoms with Crippen LogP contribution in [0.2, 0.25) is 0 Å². The molecule has 2 aliphatic carbocycles. The Hall–Kier alpha value is -8.63. The van der Waals surface area contributed by atoms with E-state index in [1.807, 2.05) is 51.1 Å². The molecule has 2 saturated carbocycles. The summed E-state index contributed by atoms with van der Waals surface area (Å²) >= 11 is 0. The molecule has 2 aromatic carbocycles. The Labute approximate surface area is 639 Å². The highest BCUT2D eigenvalue weighted by molar-refractivity contribution is 6.01. The van der Waals surface area contributed by atoms with Gasteiger partial charge in [0.1, 0.15) is 59.6 Å². The topological polar surface area (TPSA) is 289 Å². The first-order valence-corrected chi connectivity index (χ1v) is 39.1. The second-order valence-electron chi connectivity index (χ2n) is 32.2. The molecule has 6 bridgehead atoms. The molecule has 2 saturated heterocycles. The Kier molecular flexibility index (Phi) is 28.2. The van der Waals surface area contributed by atoms with Crippen LogP contribution in [0.5, 0.6) is 5.75 Å². The zero-order valence-electron chi connectivity index (χ0n) is 65.7. The molecular weight excluding hydrogens is 1410 g/mol. The predicted octanol–water partition coefficient (Wildman–Crippen LogP) is 5.69. The SMILES string of the molecule is CCO[C@@H]1C[C@H]2C(=O)NC3(CC(C)(C)C3)C(=O)N(C)[C@@H](C3CCCC3)C(=O)N(C)[C@H](C(=O)N3CCCC3)CC(=O)N(C)[C@H]3CCCCCc4ccc(cc4)C[C@@H](C(=O)N(C)CC(=O)N[C@@H](CCc4ccc(C(F)(F)F)c(OC)c4)C(=O)N2C1)N1CC/C=C\C[C@@H](C1=O)N(C)C(=O)CN(C)C(=O)[C@H]([C@@H](C)CC)NC3=O. The minimum absolute atomic E-state index is 0.00374. The second-order valence-corrected chi connectivity index (χ2v) is 32.2. The minimum atomic E-state index is -4.78. The Bertz CT molecular complexity index is 3680. The summed E-state index contributed by atoms with van der Waals surface area (Å²) in [7, 11) is 9.73. The largest absolute Gasteiger partial charge is 0.496 e. The molecule has 0 unspecified atom stereocenters. The third-order valence-electron chi connectivity index (χ3n) is 23.7. The fourth-order valence-corrected chi connectivity index (χ4v) is 17.4. The Morgan fingerprint density at radius 1 is 0.642 bits per heavy atom. The molecule has 4 fully saturated rings. The number of rotatable bonds is 10. The van der Waals surface area contributed by atoms with Gasteiger partial charge in [-0.05, 0) is 136 Å². The maximum Gasteiger partial charge on any atom is 0.419 e. The van der Waals surface area contributed by atoms with Crippen molar-refractivity contribution in [2.24, 2.45) is 17.3 Å². The van der Waals surface area contributed by atoms with Gasteiger partial charge in [0.15, 0.2) is 0 Å². The molecule has 3 N–H and O–H groups in total. The summed E-state index contributed by atoms with van der Waals surface area (Å²) in [6, 6.07) is 0.316. The lowest BCUT2D eigenvalue weighted by atomic mass is 9.58. The predicted molar refractivity (Wildman–Crippen MR) is 399 cm³/mol. The first-order chi connectivity index (χ1) is 51.6. The summed E-state index contributed by atoms with van der Waals surface area (Å²) < 4.78 is 54.0. The number of likely N-dealkylation sites (tertiary alicyclic amines) is 1. The summed E-state index contributed by atoms with van der Waals surface area (Å²) in [4.78, 5) is 196. The number of ether oxygens (including phenoxy) is 2. The van der Waals surface area contributed by atoms with E-state index in [4.69, 9.17) is 9.47 Å². The van der Waals surface area contributed by atoms with Crippen molar-refractivity contribution in [2.45, 2.75) is 236 Å². The van der Waals surface area contributed by atoms with Crippen molar-refractivity contribution in [2.75, 3.05) is 95.3 Å². The maximum absolute atomic E-state index is 15.9. The molecule has 11 rings (SSSR count). The van der Waals surface area contributed by atoms with Gasteiger partial charge in [0, 0.05) is 87.9 Å². The molecule has 29 heteroatoms. The van der Waals surface area contributed by atoms with Crippen LogP contribution < -0.4 is 20.7 Å². The molecule has 10 atom stereocenters. The fourth-order valence-electron chi connectivity index (χ4n) is 17.4. The summed E-state index contributed by atoms with van der Waals surface area (Å²) in [6.45, 7) is 8.67. The van der Waals surface area contributed by atoms with E-state index in [-0.39, 0.29) is 71.1 Å². The van der Waals surface area contributed by atoms with E-state index in [2.05, 4.69) is 16.0 Å². The number of carbonyl (C=O) groups excluding carboxylic acids is 12. The summed E-state index contributed by atoms with van der Waals surface area (Å²) in [5.41, 5.74) is -1.39.